The van der Waals surface area contributed by atoms with Crippen LogP contribution in [0.5, 0.6) is 0 Å². The van der Waals surface area contributed by atoms with Gasteiger partial charge >= 0.3 is 17.9 Å². The average molecular weight is 741 g/mol. The van der Waals surface area contributed by atoms with Crippen LogP contribution in [0.15, 0.2) is 24.3 Å². The van der Waals surface area contributed by atoms with Crippen molar-refractivity contribution in [3.8, 4) is 0 Å². The fourth-order valence-corrected chi connectivity index (χ4v) is 6.42. The van der Waals surface area contributed by atoms with Crippen molar-refractivity contribution in [2.24, 2.45) is 0 Å². The van der Waals surface area contributed by atoms with Crippen LogP contribution < -0.4 is 0 Å². The molecule has 0 spiro atoms. The second-order valence-corrected chi connectivity index (χ2v) is 14.7. The Labute approximate surface area is 315 Å². The van der Waals surface area contributed by atoms with Gasteiger partial charge in [-0.05, 0) is 64.2 Å². The van der Waals surface area contributed by atoms with Crippen molar-refractivity contribution in [3.05, 3.63) is 24.3 Å². The van der Waals surface area contributed by atoms with Gasteiger partial charge in [0.1, 0.15) is 18.8 Å². The van der Waals surface area contributed by atoms with Crippen LogP contribution in [-0.4, -0.2) is 74.2 Å². The molecular weight excluding hydrogens is 664 g/mol. The molecule has 1 heterocycles. The van der Waals surface area contributed by atoms with E-state index in [0.29, 0.717) is 12.8 Å². The summed E-state index contributed by atoms with van der Waals surface area (Å²) >= 11 is 0. The number of allylic oxidation sites excluding steroid dienone is 4. The van der Waals surface area contributed by atoms with Crippen molar-refractivity contribution >= 4 is 11.9 Å². The SMILES string of the molecule is CCCCCCCC/C=C/CCCCCCCC(=O)OC1(OC(=O)CCCCCCC/C=C/CCCCCCCC)O[C@@](O)(CO)[C@@H](O)[C@H](O)[C@@H]1O. The van der Waals surface area contributed by atoms with Crippen molar-refractivity contribution in [2.75, 3.05) is 6.61 Å². The summed E-state index contributed by atoms with van der Waals surface area (Å²) in [5, 5.41) is 51.9. The molecule has 304 valence electrons. The molecule has 4 atom stereocenters. The van der Waals surface area contributed by atoms with Crippen molar-refractivity contribution in [3.63, 3.8) is 0 Å². The van der Waals surface area contributed by atoms with E-state index in [4.69, 9.17) is 14.2 Å². The van der Waals surface area contributed by atoms with Crippen LogP contribution in [-0.2, 0) is 23.8 Å². The van der Waals surface area contributed by atoms with Gasteiger partial charge in [-0.1, -0.05) is 141 Å². The Morgan fingerprint density at radius 1 is 0.538 bits per heavy atom. The van der Waals surface area contributed by atoms with Crippen LogP contribution in [0, 0.1) is 0 Å². The molecular formula is C42H76O10. The molecule has 0 aliphatic carbocycles. The van der Waals surface area contributed by atoms with Crippen LogP contribution >= 0.6 is 0 Å². The molecule has 1 fully saturated rings. The molecule has 1 aliphatic heterocycles. The van der Waals surface area contributed by atoms with Crippen molar-refractivity contribution in [1.82, 2.24) is 0 Å². The molecule has 0 aromatic rings. The summed E-state index contributed by atoms with van der Waals surface area (Å²) in [5.41, 5.74) is 0. The summed E-state index contributed by atoms with van der Waals surface area (Å²) in [6.07, 6.45) is 30.7. The normalized spacial score (nSPS) is 21.6. The number of esters is 2. The lowest BCUT2D eigenvalue weighted by Gasteiger charge is -2.49. The number of carbonyl (C=O) groups excluding carboxylic acids is 2. The number of hydrogen-bond donors (Lipinski definition) is 5. The third kappa shape index (κ3) is 21.2. The first-order valence-electron chi connectivity index (χ1n) is 21.0. The molecule has 10 heteroatoms. The van der Waals surface area contributed by atoms with Gasteiger partial charge in [0, 0.05) is 12.8 Å². The average Bonchev–Trinajstić information content (AvgIpc) is 3.13. The molecule has 1 rings (SSSR count). The highest BCUT2D eigenvalue weighted by Gasteiger charge is 2.65. The van der Waals surface area contributed by atoms with Gasteiger partial charge in [0.25, 0.3) is 0 Å². The number of rotatable bonds is 33. The Kier molecular flexibility index (Phi) is 28.3. The van der Waals surface area contributed by atoms with Crippen molar-refractivity contribution < 1.29 is 49.3 Å². The van der Waals surface area contributed by atoms with E-state index in [-0.39, 0.29) is 12.8 Å². The molecule has 1 aliphatic rings. The van der Waals surface area contributed by atoms with Gasteiger partial charge in [0.2, 0.25) is 5.79 Å². The monoisotopic (exact) mass is 741 g/mol. The minimum Gasteiger partial charge on any atom is -0.396 e. The fraction of sp³-hybridized carbons (Fsp3) is 0.857. The smallest absolute Gasteiger partial charge is 0.396 e. The topological polar surface area (TPSA) is 163 Å². The molecule has 52 heavy (non-hydrogen) atoms. The van der Waals surface area contributed by atoms with E-state index >= 15 is 0 Å². The molecule has 0 unspecified atom stereocenters. The predicted molar refractivity (Wildman–Crippen MR) is 205 cm³/mol. The summed E-state index contributed by atoms with van der Waals surface area (Å²) in [5.74, 6) is -7.55. The van der Waals surface area contributed by atoms with E-state index in [1.165, 1.54) is 77.0 Å². The Balaban J connectivity index is 2.43. The van der Waals surface area contributed by atoms with Gasteiger partial charge in [0.15, 0.2) is 6.10 Å². The summed E-state index contributed by atoms with van der Waals surface area (Å²) in [4.78, 5) is 25.7. The van der Waals surface area contributed by atoms with Crippen LogP contribution in [0.3, 0.4) is 0 Å². The van der Waals surface area contributed by atoms with E-state index in [9.17, 15) is 35.1 Å². The maximum atomic E-state index is 12.9. The third-order valence-electron chi connectivity index (χ3n) is 9.81. The van der Waals surface area contributed by atoms with Crippen LogP contribution in [0.1, 0.15) is 194 Å². The molecule has 0 bridgehead atoms. The first kappa shape index (κ1) is 48.2. The largest absolute Gasteiger partial charge is 0.409 e. The van der Waals surface area contributed by atoms with Gasteiger partial charge in [-0.15, -0.1) is 0 Å². The number of carbonyl (C=O) groups is 2. The van der Waals surface area contributed by atoms with E-state index in [1.807, 2.05) is 0 Å². The van der Waals surface area contributed by atoms with Crippen LogP contribution in [0.2, 0.25) is 0 Å². The maximum Gasteiger partial charge on any atom is 0.409 e. The Morgan fingerprint density at radius 3 is 1.21 bits per heavy atom. The lowest BCUT2D eigenvalue weighted by molar-refractivity contribution is -0.491. The molecule has 0 aromatic heterocycles. The van der Waals surface area contributed by atoms with Crippen LogP contribution in [0.25, 0.3) is 0 Å². The van der Waals surface area contributed by atoms with Crippen LogP contribution in [0.4, 0.5) is 0 Å². The number of unbranched alkanes of at least 4 members (excludes halogenated alkanes) is 22. The molecule has 10 nitrogen and oxygen atoms in total. The van der Waals surface area contributed by atoms with Crippen molar-refractivity contribution in [1.29, 1.82) is 0 Å². The Bertz CT molecular complexity index is 899. The molecule has 1 saturated heterocycles. The predicted octanol–water partition coefficient (Wildman–Crippen LogP) is 8.60. The zero-order valence-corrected chi connectivity index (χ0v) is 32.8. The van der Waals surface area contributed by atoms with Crippen molar-refractivity contribution in [2.45, 2.75) is 224 Å². The highest BCUT2D eigenvalue weighted by molar-refractivity contribution is 5.72. The lowest BCUT2D eigenvalue weighted by atomic mass is 9.95. The Hall–Kier alpha value is -1.82. The molecule has 0 amide bonds. The fourth-order valence-electron chi connectivity index (χ4n) is 6.42. The molecule has 5 N–H and O–H groups in total. The van der Waals surface area contributed by atoms with Gasteiger partial charge in [0.05, 0.1) is 0 Å². The maximum absolute atomic E-state index is 12.9. The highest BCUT2D eigenvalue weighted by Crippen LogP contribution is 2.38. The number of hydrogen-bond acceptors (Lipinski definition) is 10. The third-order valence-corrected chi connectivity index (χ3v) is 9.81. The van der Waals surface area contributed by atoms with Gasteiger partial charge in [-0.3, -0.25) is 14.3 Å². The second kappa shape index (κ2) is 30.5. The van der Waals surface area contributed by atoms with Gasteiger partial charge in [-0.2, -0.15) is 0 Å². The highest BCUT2D eigenvalue weighted by atomic mass is 16.9. The Morgan fingerprint density at radius 2 is 0.865 bits per heavy atom. The molecule has 0 radical (unpaired) electrons. The minimum absolute atomic E-state index is 0.0853. The summed E-state index contributed by atoms with van der Waals surface area (Å²) in [7, 11) is 0. The molecule has 0 aromatic carbocycles. The van der Waals surface area contributed by atoms with Gasteiger partial charge in [-0.25, -0.2) is 0 Å². The lowest BCUT2D eigenvalue weighted by Crippen LogP contribution is -2.73. The summed E-state index contributed by atoms with van der Waals surface area (Å²) in [6.45, 7) is 3.23. The zero-order chi connectivity index (χ0) is 38.3. The van der Waals surface area contributed by atoms with E-state index in [1.54, 1.807) is 0 Å². The minimum atomic E-state index is -2.94. The number of aliphatic hydroxyl groups is 5. The summed E-state index contributed by atoms with van der Waals surface area (Å²) < 4.78 is 15.9. The number of ether oxygens (including phenoxy) is 3. The molecule has 0 saturated carbocycles. The standard InChI is InChI=1S/C42H76O10/c1-3-5-7-9-11-13-15-17-19-21-23-25-27-29-31-33-36(44)50-42(40(48)38(46)39(47)41(49,35-43)52-42)51-37(45)34-32-30-28-26-24-22-20-18-16-14-12-10-8-6-4-2/h17-20,38-40,43,46-49H,3-16,21-35H2,1-2H3/b19-17+,20-18+/t38-,39-,40-,41-/m0/s1. The quantitative estimate of drug-likeness (QED) is 0.0191. The zero-order valence-electron chi connectivity index (χ0n) is 32.8. The van der Waals surface area contributed by atoms with E-state index < -0.39 is 48.6 Å². The van der Waals surface area contributed by atoms with Gasteiger partial charge < -0.3 is 35.0 Å². The first-order valence-corrected chi connectivity index (χ1v) is 21.0. The van der Waals surface area contributed by atoms with E-state index in [0.717, 1.165) is 77.0 Å². The van der Waals surface area contributed by atoms with E-state index in [2.05, 4.69) is 38.2 Å². The summed E-state index contributed by atoms with van der Waals surface area (Å²) in [6, 6.07) is 0. The second-order valence-electron chi connectivity index (χ2n) is 14.7. The first-order chi connectivity index (χ1) is 25.2. The number of aliphatic hydroxyl groups excluding tert-OH is 4.